The van der Waals surface area contributed by atoms with E-state index in [0.29, 0.717) is 6.54 Å². The number of ketones is 1. The molecule has 0 aliphatic heterocycles. The van der Waals surface area contributed by atoms with Crippen molar-refractivity contribution >= 4 is 29.6 Å². The minimum absolute atomic E-state index is 0.0825. The molecule has 0 aromatic carbocycles. The van der Waals surface area contributed by atoms with E-state index in [0.717, 1.165) is 26.7 Å². The molecule has 1 amide bonds. The van der Waals surface area contributed by atoms with E-state index in [1.807, 2.05) is 0 Å². The van der Waals surface area contributed by atoms with Crippen LogP contribution in [0.1, 0.15) is 59.3 Å². The standard InChI is InChI=1S/C10H19NO3.C3H4O3.C2H4O2/c1-2-3-4-5-8-11-9(12)6-7-10(13)14;1-2(4)3(5)6;1-2(3)4/h2-8H2,1H3,(H,11,12)(H,13,14);1H3,(H,5,6);1H3,(H,3,4). The van der Waals surface area contributed by atoms with Crippen LogP contribution in [0.2, 0.25) is 0 Å². The van der Waals surface area contributed by atoms with Gasteiger partial charge in [-0.05, 0) is 6.42 Å². The summed E-state index contributed by atoms with van der Waals surface area (Å²) in [4.78, 5) is 49.0. The number of carboxylic acid groups (broad SMARTS) is 3. The molecule has 0 atom stereocenters. The summed E-state index contributed by atoms with van der Waals surface area (Å²) in [6.45, 7) is 4.88. The average Bonchev–Trinajstić information content (AvgIpc) is 2.44. The summed E-state index contributed by atoms with van der Waals surface area (Å²) < 4.78 is 0. The van der Waals surface area contributed by atoms with Crippen LogP contribution in [0.25, 0.3) is 0 Å². The lowest BCUT2D eigenvalue weighted by molar-refractivity contribution is -0.148. The van der Waals surface area contributed by atoms with E-state index in [2.05, 4.69) is 12.2 Å². The largest absolute Gasteiger partial charge is 0.481 e. The van der Waals surface area contributed by atoms with E-state index in [-0.39, 0.29) is 18.7 Å². The Morgan fingerprint density at radius 2 is 1.29 bits per heavy atom. The molecular formula is C15H27NO8. The number of hydrogen-bond acceptors (Lipinski definition) is 5. The van der Waals surface area contributed by atoms with Gasteiger partial charge in [-0.15, -0.1) is 0 Å². The Bertz CT molecular complexity index is 390. The Morgan fingerprint density at radius 3 is 1.62 bits per heavy atom. The first-order valence-corrected chi connectivity index (χ1v) is 7.46. The van der Waals surface area contributed by atoms with Crippen molar-refractivity contribution in [1.29, 1.82) is 0 Å². The Morgan fingerprint density at radius 1 is 0.833 bits per heavy atom. The van der Waals surface area contributed by atoms with E-state index in [1.54, 1.807) is 0 Å². The molecule has 0 fully saturated rings. The highest BCUT2D eigenvalue weighted by atomic mass is 16.4. The number of amides is 1. The molecule has 140 valence electrons. The predicted molar refractivity (Wildman–Crippen MR) is 85.6 cm³/mol. The minimum atomic E-state index is -1.38. The summed E-state index contributed by atoms with van der Waals surface area (Å²) in [6, 6.07) is 0. The number of carboxylic acids is 3. The summed E-state index contributed by atoms with van der Waals surface area (Å²) in [7, 11) is 0. The third-order valence-corrected chi connectivity index (χ3v) is 2.22. The van der Waals surface area contributed by atoms with Gasteiger partial charge in [-0.2, -0.15) is 0 Å². The number of carbonyl (C=O) groups is 5. The number of Topliss-reactive ketones (excluding diaryl/α,β-unsaturated/α-hetero) is 1. The maximum Gasteiger partial charge on any atom is 0.371 e. The van der Waals surface area contributed by atoms with Gasteiger partial charge in [0.1, 0.15) is 0 Å². The quantitative estimate of drug-likeness (QED) is 0.358. The summed E-state index contributed by atoms with van der Waals surface area (Å²) >= 11 is 0. The van der Waals surface area contributed by atoms with Gasteiger partial charge in [0.25, 0.3) is 5.97 Å². The van der Waals surface area contributed by atoms with Crippen molar-refractivity contribution in [2.45, 2.75) is 59.3 Å². The molecular weight excluding hydrogens is 322 g/mol. The molecule has 9 heteroatoms. The molecule has 0 heterocycles. The molecule has 4 N–H and O–H groups in total. The summed E-state index contributed by atoms with van der Waals surface area (Å²) in [5.74, 6) is -4.12. The number of carbonyl (C=O) groups excluding carboxylic acids is 2. The van der Waals surface area contributed by atoms with Crippen molar-refractivity contribution in [2.24, 2.45) is 0 Å². The fourth-order valence-corrected chi connectivity index (χ4v) is 1.09. The number of rotatable bonds is 9. The zero-order valence-electron chi connectivity index (χ0n) is 14.3. The first-order valence-electron chi connectivity index (χ1n) is 7.46. The monoisotopic (exact) mass is 349 g/mol. The van der Waals surface area contributed by atoms with Gasteiger partial charge in [0.2, 0.25) is 11.7 Å². The van der Waals surface area contributed by atoms with Crippen LogP contribution in [0, 0.1) is 0 Å². The van der Waals surface area contributed by atoms with Crippen molar-refractivity contribution in [2.75, 3.05) is 6.54 Å². The zero-order chi connectivity index (χ0) is 19.5. The third kappa shape index (κ3) is 36.6. The molecule has 9 nitrogen and oxygen atoms in total. The van der Waals surface area contributed by atoms with Crippen LogP contribution in [0.4, 0.5) is 0 Å². The second-order valence-electron chi connectivity index (χ2n) is 4.68. The maximum absolute atomic E-state index is 11.0. The molecule has 24 heavy (non-hydrogen) atoms. The van der Waals surface area contributed by atoms with Crippen LogP contribution < -0.4 is 5.32 Å². The van der Waals surface area contributed by atoms with Gasteiger partial charge in [-0.25, -0.2) is 4.79 Å². The lowest BCUT2D eigenvalue weighted by Gasteiger charge is -2.03. The third-order valence-electron chi connectivity index (χ3n) is 2.22. The van der Waals surface area contributed by atoms with E-state index in [4.69, 9.17) is 20.1 Å². The highest BCUT2D eigenvalue weighted by Crippen LogP contribution is 1.97. The first kappa shape index (κ1) is 26.4. The molecule has 0 unspecified atom stereocenters. The van der Waals surface area contributed by atoms with Gasteiger partial charge in [-0.1, -0.05) is 26.2 Å². The topological polar surface area (TPSA) is 158 Å². The normalized spacial score (nSPS) is 8.62. The molecule has 0 spiro atoms. The summed E-state index contributed by atoms with van der Waals surface area (Å²) in [5, 5.41) is 26.1. The lowest BCUT2D eigenvalue weighted by atomic mass is 10.2. The van der Waals surface area contributed by atoms with Gasteiger partial charge in [-0.3, -0.25) is 19.2 Å². The Hall–Kier alpha value is -2.45. The second kappa shape index (κ2) is 18.6. The van der Waals surface area contributed by atoms with Crippen LogP contribution in [0.5, 0.6) is 0 Å². The molecule has 0 saturated heterocycles. The molecule has 0 aromatic rings. The average molecular weight is 349 g/mol. The molecule has 0 aliphatic carbocycles. The van der Waals surface area contributed by atoms with Crippen LogP contribution in [-0.2, 0) is 24.0 Å². The number of nitrogens with one attached hydrogen (secondary N) is 1. The van der Waals surface area contributed by atoms with Crippen LogP contribution in [0.15, 0.2) is 0 Å². The van der Waals surface area contributed by atoms with Crippen LogP contribution in [0.3, 0.4) is 0 Å². The van der Waals surface area contributed by atoms with Gasteiger partial charge >= 0.3 is 11.9 Å². The number of aliphatic carboxylic acids is 3. The van der Waals surface area contributed by atoms with Crippen LogP contribution >= 0.6 is 0 Å². The summed E-state index contributed by atoms with van der Waals surface area (Å²) in [6.07, 6.45) is 4.46. The maximum atomic E-state index is 11.0. The van der Waals surface area contributed by atoms with Crippen molar-refractivity contribution in [3.05, 3.63) is 0 Å². The first-order chi connectivity index (χ1) is 11.0. The minimum Gasteiger partial charge on any atom is -0.481 e. The SMILES string of the molecule is CC(=O)C(=O)O.CC(=O)O.CCCCCCNC(=O)CCC(=O)O. The second-order valence-corrected chi connectivity index (χ2v) is 4.68. The summed E-state index contributed by atoms with van der Waals surface area (Å²) in [5.41, 5.74) is 0. The van der Waals surface area contributed by atoms with E-state index >= 15 is 0 Å². The fourth-order valence-electron chi connectivity index (χ4n) is 1.09. The van der Waals surface area contributed by atoms with Crippen molar-refractivity contribution in [3.8, 4) is 0 Å². The van der Waals surface area contributed by atoms with Crippen molar-refractivity contribution in [3.63, 3.8) is 0 Å². The molecule has 0 radical (unpaired) electrons. The van der Waals surface area contributed by atoms with Gasteiger partial charge in [0, 0.05) is 26.8 Å². The van der Waals surface area contributed by atoms with Crippen LogP contribution in [-0.4, -0.2) is 51.5 Å². The zero-order valence-corrected chi connectivity index (χ0v) is 14.3. The Kier molecular flexibility index (Phi) is 20.5. The molecule has 0 bridgehead atoms. The Balaban J connectivity index is -0.000000363. The van der Waals surface area contributed by atoms with Gasteiger partial charge in [0.05, 0.1) is 6.42 Å². The fraction of sp³-hybridized carbons (Fsp3) is 0.667. The smallest absolute Gasteiger partial charge is 0.371 e. The predicted octanol–water partition coefficient (Wildman–Crippen LogP) is 1.30. The van der Waals surface area contributed by atoms with E-state index in [9.17, 15) is 19.2 Å². The van der Waals surface area contributed by atoms with Gasteiger partial charge < -0.3 is 20.6 Å². The van der Waals surface area contributed by atoms with Crippen molar-refractivity contribution in [1.82, 2.24) is 5.32 Å². The van der Waals surface area contributed by atoms with E-state index < -0.39 is 23.7 Å². The van der Waals surface area contributed by atoms with Gasteiger partial charge in [0.15, 0.2) is 0 Å². The lowest BCUT2D eigenvalue weighted by Crippen LogP contribution is -2.24. The number of unbranched alkanes of at least 4 members (excludes halogenated alkanes) is 3. The van der Waals surface area contributed by atoms with E-state index in [1.165, 1.54) is 12.8 Å². The number of hydrogen-bond donors (Lipinski definition) is 4. The molecule has 0 aliphatic rings. The van der Waals surface area contributed by atoms with Crippen molar-refractivity contribution < 1.29 is 39.3 Å². The molecule has 0 saturated carbocycles. The highest BCUT2D eigenvalue weighted by molar-refractivity contribution is 6.31. The molecule has 0 rings (SSSR count). The molecule has 0 aromatic heterocycles. The Labute approximate surface area is 141 Å². The highest BCUT2D eigenvalue weighted by Gasteiger charge is 2.03.